The Labute approximate surface area is 97.0 Å². The van der Waals surface area contributed by atoms with Gasteiger partial charge in [-0.15, -0.1) is 0 Å². The molecule has 1 aromatic rings. The number of rotatable bonds is 5. The van der Waals surface area contributed by atoms with Crippen LogP contribution in [0, 0.1) is 0 Å². The number of ether oxygens (including phenoxy) is 1. The SMILES string of the molecule is C\C=C/C=C\C=N\Cc1ccc(OC)cc1. The first-order valence-electron chi connectivity index (χ1n) is 5.27. The van der Waals surface area contributed by atoms with Gasteiger partial charge in [0.15, 0.2) is 0 Å². The molecule has 0 saturated heterocycles. The van der Waals surface area contributed by atoms with Crippen LogP contribution in [-0.4, -0.2) is 13.3 Å². The third kappa shape index (κ3) is 4.60. The molecule has 2 nitrogen and oxygen atoms in total. The molecule has 0 saturated carbocycles. The average Bonchev–Trinajstić information content (AvgIpc) is 2.34. The van der Waals surface area contributed by atoms with Crippen LogP contribution in [0.15, 0.2) is 53.6 Å². The smallest absolute Gasteiger partial charge is 0.118 e. The Hall–Kier alpha value is -1.83. The third-order valence-electron chi connectivity index (χ3n) is 2.04. The van der Waals surface area contributed by atoms with Crippen LogP contribution in [0.5, 0.6) is 5.75 Å². The molecule has 0 fully saturated rings. The number of allylic oxidation sites excluding steroid dienone is 4. The number of methoxy groups -OCH3 is 1. The molecular weight excluding hydrogens is 198 g/mol. The molecule has 0 aliphatic heterocycles. The summed E-state index contributed by atoms with van der Waals surface area (Å²) in [5, 5.41) is 0. The zero-order valence-corrected chi connectivity index (χ0v) is 9.76. The Morgan fingerprint density at radius 3 is 2.50 bits per heavy atom. The van der Waals surface area contributed by atoms with E-state index in [0.717, 1.165) is 5.75 Å². The summed E-state index contributed by atoms with van der Waals surface area (Å²) < 4.78 is 5.08. The highest BCUT2D eigenvalue weighted by Crippen LogP contribution is 2.11. The van der Waals surface area contributed by atoms with Crippen LogP contribution in [-0.2, 0) is 6.54 Å². The first-order chi connectivity index (χ1) is 7.86. The van der Waals surface area contributed by atoms with Crippen molar-refractivity contribution >= 4 is 6.21 Å². The monoisotopic (exact) mass is 215 g/mol. The van der Waals surface area contributed by atoms with Gasteiger partial charge in [-0.2, -0.15) is 0 Å². The number of benzene rings is 1. The molecule has 0 heterocycles. The minimum absolute atomic E-state index is 0.699. The van der Waals surface area contributed by atoms with Gasteiger partial charge in [-0.25, -0.2) is 0 Å². The van der Waals surface area contributed by atoms with Gasteiger partial charge in [-0.3, -0.25) is 4.99 Å². The summed E-state index contributed by atoms with van der Waals surface area (Å²) in [6, 6.07) is 7.93. The van der Waals surface area contributed by atoms with E-state index in [0.29, 0.717) is 6.54 Å². The number of aliphatic imine (C=N–C) groups is 1. The second kappa shape index (κ2) is 7.46. The standard InChI is InChI=1S/C14H17NO/c1-3-4-5-6-11-15-12-13-7-9-14(16-2)10-8-13/h3-11H,12H2,1-2H3/b4-3-,6-5-,15-11+. The van der Waals surface area contributed by atoms with Crippen molar-refractivity contribution < 1.29 is 4.74 Å². The lowest BCUT2D eigenvalue weighted by Gasteiger charge is -1.99. The van der Waals surface area contributed by atoms with E-state index in [4.69, 9.17) is 4.74 Å². The molecule has 16 heavy (non-hydrogen) atoms. The number of nitrogens with zero attached hydrogens (tertiary/aromatic N) is 1. The summed E-state index contributed by atoms with van der Waals surface area (Å²) in [5.74, 6) is 0.876. The quantitative estimate of drug-likeness (QED) is 0.545. The normalized spacial score (nSPS) is 11.9. The van der Waals surface area contributed by atoms with Gasteiger partial charge in [0.25, 0.3) is 0 Å². The molecular formula is C14H17NO. The van der Waals surface area contributed by atoms with Crippen LogP contribution in [0.4, 0.5) is 0 Å². The van der Waals surface area contributed by atoms with Crippen molar-refractivity contribution in [1.29, 1.82) is 0 Å². The highest BCUT2D eigenvalue weighted by Gasteiger charge is 1.91. The van der Waals surface area contributed by atoms with E-state index in [9.17, 15) is 0 Å². The summed E-state index contributed by atoms with van der Waals surface area (Å²) in [6.45, 7) is 2.68. The minimum Gasteiger partial charge on any atom is -0.497 e. The summed E-state index contributed by atoms with van der Waals surface area (Å²) in [4.78, 5) is 4.28. The molecule has 0 unspecified atom stereocenters. The Balaban J connectivity index is 2.42. The molecule has 0 bridgehead atoms. The maximum atomic E-state index is 5.08. The lowest BCUT2D eigenvalue weighted by atomic mass is 10.2. The van der Waals surface area contributed by atoms with E-state index in [-0.39, 0.29) is 0 Å². The number of hydrogen-bond acceptors (Lipinski definition) is 2. The highest BCUT2D eigenvalue weighted by molar-refractivity contribution is 5.71. The predicted molar refractivity (Wildman–Crippen MR) is 69.1 cm³/mol. The average molecular weight is 215 g/mol. The summed E-state index contributed by atoms with van der Waals surface area (Å²) in [6.07, 6.45) is 9.64. The van der Waals surface area contributed by atoms with Crippen molar-refractivity contribution in [3.8, 4) is 5.75 Å². The zero-order chi connectivity index (χ0) is 11.6. The van der Waals surface area contributed by atoms with Gasteiger partial charge >= 0.3 is 0 Å². The minimum atomic E-state index is 0.699. The first-order valence-corrected chi connectivity index (χ1v) is 5.27. The summed E-state index contributed by atoms with van der Waals surface area (Å²) in [5.41, 5.74) is 1.18. The predicted octanol–water partition coefficient (Wildman–Crippen LogP) is 3.40. The molecule has 0 N–H and O–H groups in total. The van der Waals surface area contributed by atoms with Gasteiger partial charge in [0.2, 0.25) is 0 Å². The van der Waals surface area contributed by atoms with Crippen molar-refractivity contribution in [2.75, 3.05) is 7.11 Å². The molecule has 1 aromatic carbocycles. The van der Waals surface area contributed by atoms with Crippen molar-refractivity contribution in [2.45, 2.75) is 13.5 Å². The fourth-order valence-electron chi connectivity index (χ4n) is 1.17. The van der Waals surface area contributed by atoms with Gasteiger partial charge < -0.3 is 4.74 Å². The van der Waals surface area contributed by atoms with E-state index < -0.39 is 0 Å². The Morgan fingerprint density at radius 1 is 1.12 bits per heavy atom. The van der Waals surface area contributed by atoms with Crippen LogP contribution in [0.1, 0.15) is 12.5 Å². The van der Waals surface area contributed by atoms with Crippen LogP contribution in [0.25, 0.3) is 0 Å². The lowest BCUT2D eigenvalue weighted by Crippen LogP contribution is -1.84. The molecule has 0 aromatic heterocycles. The van der Waals surface area contributed by atoms with Crippen molar-refractivity contribution in [3.63, 3.8) is 0 Å². The van der Waals surface area contributed by atoms with E-state index >= 15 is 0 Å². The Bertz CT molecular complexity index is 374. The topological polar surface area (TPSA) is 21.6 Å². The van der Waals surface area contributed by atoms with Crippen LogP contribution >= 0.6 is 0 Å². The molecule has 2 heteroatoms. The molecule has 84 valence electrons. The largest absolute Gasteiger partial charge is 0.497 e. The van der Waals surface area contributed by atoms with E-state index in [1.54, 1.807) is 7.11 Å². The van der Waals surface area contributed by atoms with Crippen molar-refractivity contribution in [1.82, 2.24) is 0 Å². The fourth-order valence-corrected chi connectivity index (χ4v) is 1.17. The summed E-state index contributed by atoms with van der Waals surface area (Å²) in [7, 11) is 1.67. The molecule has 0 aliphatic rings. The molecule has 0 aliphatic carbocycles. The van der Waals surface area contributed by atoms with Crippen LogP contribution in [0.2, 0.25) is 0 Å². The second-order valence-corrected chi connectivity index (χ2v) is 3.25. The zero-order valence-electron chi connectivity index (χ0n) is 9.76. The van der Waals surface area contributed by atoms with Gasteiger partial charge in [0.1, 0.15) is 5.75 Å². The number of hydrogen-bond donors (Lipinski definition) is 0. The van der Waals surface area contributed by atoms with Gasteiger partial charge in [-0.1, -0.05) is 30.4 Å². The molecule has 1 rings (SSSR count). The molecule has 0 amide bonds. The van der Waals surface area contributed by atoms with E-state index in [2.05, 4.69) is 4.99 Å². The van der Waals surface area contributed by atoms with Gasteiger partial charge in [0, 0.05) is 6.21 Å². The summed E-state index contributed by atoms with van der Waals surface area (Å²) >= 11 is 0. The van der Waals surface area contributed by atoms with Crippen LogP contribution in [0.3, 0.4) is 0 Å². The van der Waals surface area contributed by atoms with Crippen molar-refractivity contribution in [3.05, 3.63) is 54.1 Å². The molecule has 0 spiro atoms. The molecule has 0 atom stereocenters. The highest BCUT2D eigenvalue weighted by atomic mass is 16.5. The van der Waals surface area contributed by atoms with Gasteiger partial charge in [0.05, 0.1) is 13.7 Å². The third-order valence-corrected chi connectivity index (χ3v) is 2.04. The molecule has 0 radical (unpaired) electrons. The van der Waals surface area contributed by atoms with Gasteiger partial charge in [-0.05, 0) is 30.7 Å². The van der Waals surface area contributed by atoms with E-state index in [1.165, 1.54) is 5.56 Å². The fraction of sp³-hybridized carbons (Fsp3) is 0.214. The maximum Gasteiger partial charge on any atom is 0.118 e. The Morgan fingerprint density at radius 2 is 1.88 bits per heavy atom. The first kappa shape index (κ1) is 12.2. The van der Waals surface area contributed by atoms with E-state index in [1.807, 2.05) is 61.7 Å². The lowest BCUT2D eigenvalue weighted by molar-refractivity contribution is 0.414. The second-order valence-electron chi connectivity index (χ2n) is 3.25. The van der Waals surface area contributed by atoms with Crippen LogP contribution < -0.4 is 4.74 Å². The maximum absolute atomic E-state index is 5.08. The van der Waals surface area contributed by atoms with Crippen molar-refractivity contribution in [2.24, 2.45) is 4.99 Å². The Kier molecular flexibility index (Phi) is 5.71.